The van der Waals surface area contributed by atoms with Crippen LogP contribution in [0.3, 0.4) is 0 Å². The number of aromatic nitrogens is 2. The maximum Gasteiger partial charge on any atom is 0.314 e. The molecule has 0 radical (unpaired) electrons. The van der Waals surface area contributed by atoms with E-state index in [0.29, 0.717) is 11.1 Å². The van der Waals surface area contributed by atoms with E-state index in [0.717, 1.165) is 6.07 Å². The van der Waals surface area contributed by atoms with E-state index in [-0.39, 0.29) is 29.6 Å². The largest absolute Gasteiger partial charge is 0.481 e. The van der Waals surface area contributed by atoms with Crippen molar-refractivity contribution in [3.05, 3.63) is 48.0 Å². The second-order valence-corrected chi connectivity index (χ2v) is 4.88. The van der Waals surface area contributed by atoms with Gasteiger partial charge in [-0.2, -0.15) is 0 Å². The van der Waals surface area contributed by atoms with Gasteiger partial charge in [-0.05, 0) is 18.4 Å². The topological polar surface area (TPSA) is 146 Å². The van der Waals surface area contributed by atoms with Crippen LogP contribution in [0.25, 0.3) is 11.0 Å². The number of hydrogen-bond acceptors (Lipinski definition) is 5. The van der Waals surface area contributed by atoms with Crippen LogP contribution in [0.1, 0.15) is 11.1 Å². The van der Waals surface area contributed by atoms with Crippen LogP contribution in [-0.2, 0) is 17.6 Å². The lowest BCUT2D eigenvalue weighted by Gasteiger charge is -2.05. The van der Waals surface area contributed by atoms with Crippen LogP contribution >= 0.6 is 0 Å². The molecule has 1 aromatic carbocycles. The highest BCUT2D eigenvalue weighted by Crippen LogP contribution is 2.37. The molecular formula is C12H9N3O6. The molecule has 1 aromatic heterocycles. The van der Waals surface area contributed by atoms with Gasteiger partial charge < -0.3 is 15.1 Å². The minimum absolute atomic E-state index is 0.0259. The van der Waals surface area contributed by atoms with E-state index < -0.39 is 27.9 Å². The number of nitrogens with one attached hydrogen (secondary N) is 2. The van der Waals surface area contributed by atoms with Gasteiger partial charge in [0.2, 0.25) is 0 Å². The SMILES string of the molecule is O=C(O)C1Cc2c([N+](=O)[O-])cc3[nH]c(=O)c(=O)[nH]c3c2C1. The minimum Gasteiger partial charge on any atom is -0.481 e. The molecule has 0 bridgehead atoms. The lowest BCUT2D eigenvalue weighted by atomic mass is 10.1. The average molecular weight is 291 g/mol. The predicted molar refractivity (Wildman–Crippen MR) is 70.4 cm³/mol. The quantitative estimate of drug-likeness (QED) is 0.401. The third-order valence-corrected chi connectivity index (χ3v) is 3.67. The van der Waals surface area contributed by atoms with Crippen LogP contribution in [0.15, 0.2) is 15.7 Å². The first-order chi connectivity index (χ1) is 9.88. The number of aliphatic carboxylic acids is 1. The van der Waals surface area contributed by atoms with Crippen molar-refractivity contribution >= 4 is 22.7 Å². The Balaban J connectivity index is 2.38. The molecule has 9 nitrogen and oxygen atoms in total. The zero-order chi connectivity index (χ0) is 15.3. The lowest BCUT2D eigenvalue weighted by Crippen LogP contribution is -2.29. The number of carboxylic acid groups (broad SMARTS) is 1. The number of hydrogen-bond donors (Lipinski definition) is 3. The summed E-state index contributed by atoms with van der Waals surface area (Å²) >= 11 is 0. The molecule has 0 saturated carbocycles. The van der Waals surface area contributed by atoms with Crippen molar-refractivity contribution < 1.29 is 14.8 Å². The molecule has 1 unspecified atom stereocenters. The van der Waals surface area contributed by atoms with Gasteiger partial charge in [-0.25, -0.2) is 0 Å². The Morgan fingerprint density at radius 2 is 1.86 bits per heavy atom. The fourth-order valence-corrected chi connectivity index (χ4v) is 2.71. The predicted octanol–water partition coefficient (Wildman–Crippen LogP) is -0.0760. The highest BCUT2D eigenvalue weighted by molar-refractivity contribution is 5.85. The van der Waals surface area contributed by atoms with E-state index in [4.69, 9.17) is 5.11 Å². The van der Waals surface area contributed by atoms with E-state index in [9.17, 15) is 24.5 Å². The van der Waals surface area contributed by atoms with Gasteiger partial charge in [0.1, 0.15) is 0 Å². The Kier molecular flexibility index (Phi) is 2.65. The van der Waals surface area contributed by atoms with Crippen LogP contribution in [0.2, 0.25) is 0 Å². The third-order valence-electron chi connectivity index (χ3n) is 3.67. The molecule has 3 N–H and O–H groups in total. The van der Waals surface area contributed by atoms with Crippen molar-refractivity contribution in [2.24, 2.45) is 5.92 Å². The summed E-state index contributed by atoms with van der Waals surface area (Å²) in [5.41, 5.74) is -0.964. The molecular weight excluding hydrogens is 282 g/mol. The van der Waals surface area contributed by atoms with Gasteiger partial charge in [-0.1, -0.05) is 0 Å². The molecule has 9 heteroatoms. The molecule has 0 aliphatic heterocycles. The van der Waals surface area contributed by atoms with Gasteiger partial charge in [0.15, 0.2) is 0 Å². The number of H-pyrrole nitrogens is 2. The summed E-state index contributed by atoms with van der Waals surface area (Å²) < 4.78 is 0. The Hall–Kier alpha value is -2.97. The number of rotatable bonds is 2. The van der Waals surface area contributed by atoms with Crippen LogP contribution in [0.4, 0.5) is 5.69 Å². The summed E-state index contributed by atoms with van der Waals surface area (Å²) in [4.78, 5) is 49.0. The fraction of sp³-hybridized carbons (Fsp3) is 0.250. The van der Waals surface area contributed by atoms with Gasteiger partial charge in [0.05, 0.1) is 21.9 Å². The molecule has 3 rings (SSSR count). The fourth-order valence-electron chi connectivity index (χ4n) is 2.71. The summed E-state index contributed by atoms with van der Waals surface area (Å²) in [5.74, 6) is -1.83. The summed E-state index contributed by atoms with van der Waals surface area (Å²) in [5, 5.41) is 20.2. The maximum absolute atomic E-state index is 11.4. The monoisotopic (exact) mass is 291 g/mol. The summed E-state index contributed by atoms with van der Waals surface area (Å²) in [6, 6.07) is 1.15. The molecule has 0 spiro atoms. The number of nitro groups is 1. The Labute approximate surface area is 115 Å². The molecule has 21 heavy (non-hydrogen) atoms. The lowest BCUT2D eigenvalue weighted by molar-refractivity contribution is -0.385. The van der Waals surface area contributed by atoms with E-state index in [1.807, 2.05) is 0 Å². The zero-order valence-electron chi connectivity index (χ0n) is 10.5. The first kappa shape index (κ1) is 13.0. The van der Waals surface area contributed by atoms with Crippen LogP contribution in [0, 0.1) is 16.0 Å². The Bertz CT molecular complexity index is 910. The molecule has 1 heterocycles. The van der Waals surface area contributed by atoms with Gasteiger partial charge >= 0.3 is 17.1 Å². The van der Waals surface area contributed by atoms with Gasteiger partial charge in [-0.15, -0.1) is 0 Å². The molecule has 0 amide bonds. The van der Waals surface area contributed by atoms with E-state index in [1.165, 1.54) is 0 Å². The molecule has 0 saturated heterocycles. The molecule has 0 fully saturated rings. The van der Waals surface area contributed by atoms with Crippen molar-refractivity contribution in [2.75, 3.05) is 0 Å². The van der Waals surface area contributed by atoms with Gasteiger partial charge in [0.25, 0.3) is 5.69 Å². The normalized spacial score (nSPS) is 16.9. The van der Waals surface area contributed by atoms with Crippen LogP contribution in [0.5, 0.6) is 0 Å². The van der Waals surface area contributed by atoms with Crippen LogP contribution in [-0.4, -0.2) is 26.0 Å². The molecule has 2 aromatic rings. The molecule has 108 valence electrons. The van der Waals surface area contributed by atoms with Crippen molar-refractivity contribution in [1.29, 1.82) is 0 Å². The minimum atomic E-state index is -1.06. The van der Waals surface area contributed by atoms with E-state index >= 15 is 0 Å². The van der Waals surface area contributed by atoms with Crippen molar-refractivity contribution in [3.8, 4) is 0 Å². The van der Waals surface area contributed by atoms with Gasteiger partial charge in [-0.3, -0.25) is 24.5 Å². The average Bonchev–Trinajstić information content (AvgIpc) is 2.84. The number of nitro benzene ring substituents is 1. The highest BCUT2D eigenvalue weighted by Gasteiger charge is 2.34. The Morgan fingerprint density at radius 3 is 2.48 bits per heavy atom. The number of nitrogens with zero attached hydrogens (tertiary/aromatic N) is 1. The first-order valence-electron chi connectivity index (χ1n) is 6.06. The third kappa shape index (κ3) is 1.90. The second-order valence-electron chi connectivity index (χ2n) is 4.88. The highest BCUT2D eigenvalue weighted by atomic mass is 16.6. The second kappa shape index (κ2) is 4.27. The number of benzene rings is 1. The van der Waals surface area contributed by atoms with E-state index in [2.05, 4.69) is 9.97 Å². The maximum atomic E-state index is 11.4. The smallest absolute Gasteiger partial charge is 0.314 e. The molecule has 1 aliphatic rings. The number of carbonyl (C=O) groups is 1. The number of fused-ring (bicyclic) bond motifs is 3. The van der Waals surface area contributed by atoms with Crippen molar-refractivity contribution in [2.45, 2.75) is 12.8 Å². The zero-order valence-corrected chi connectivity index (χ0v) is 10.5. The summed E-state index contributed by atoms with van der Waals surface area (Å²) in [7, 11) is 0. The van der Waals surface area contributed by atoms with Crippen molar-refractivity contribution in [3.63, 3.8) is 0 Å². The molecule has 1 aliphatic carbocycles. The van der Waals surface area contributed by atoms with E-state index in [1.54, 1.807) is 0 Å². The van der Waals surface area contributed by atoms with Crippen molar-refractivity contribution in [1.82, 2.24) is 9.97 Å². The first-order valence-corrected chi connectivity index (χ1v) is 6.06. The summed E-state index contributed by atoms with van der Waals surface area (Å²) in [6.07, 6.45) is 0.100. The standard InChI is InChI=1S/C12H9N3O6/c16-10-11(17)14-9-6-2-4(12(18)19)1-5(6)8(15(20)21)3-7(9)13-10/h3-4H,1-2H2,(H,13,16)(H,14,17)(H,18,19). The number of aromatic amines is 2. The van der Waals surface area contributed by atoms with Gasteiger partial charge in [0, 0.05) is 11.6 Å². The Morgan fingerprint density at radius 1 is 1.24 bits per heavy atom. The number of carboxylic acids is 1. The molecule has 1 atom stereocenters. The van der Waals surface area contributed by atoms with Crippen LogP contribution < -0.4 is 11.1 Å². The summed E-state index contributed by atoms with van der Waals surface area (Å²) in [6.45, 7) is 0.